The van der Waals surface area contributed by atoms with Crippen molar-refractivity contribution >= 4 is 11.9 Å². The maximum Gasteiger partial charge on any atom is 0.332 e. The highest BCUT2D eigenvalue weighted by molar-refractivity contribution is 5.84. The molecule has 0 radical (unpaired) electrons. The SMILES string of the molecule is O=C(NCC[C@H](O)C(=O)O)C1C2CCc3ccccc3C21. The van der Waals surface area contributed by atoms with Crippen LogP contribution in [0.15, 0.2) is 24.3 Å². The number of carboxylic acid groups (broad SMARTS) is 1. The number of hydrogen-bond acceptors (Lipinski definition) is 3. The number of rotatable bonds is 5. The largest absolute Gasteiger partial charge is 0.479 e. The number of aryl methyl sites for hydroxylation is 1. The molecular formula is C16H19NO4. The topological polar surface area (TPSA) is 86.6 Å². The molecule has 0 spiro atoms. The van der Waals surface area contributed by atoms with E-state index in [0.29, 0.717) is 11.8 Å². The van der Waals surface area contributed by atoms with E-state index in [1.54, 1.807) is 0 Å². The van der Waals surface area contributed by atoms with Gasteiger partial charge in [0.15, 0.2) is 6.10 Å². The molecule has 4 atom stereocenters. The fourth-order valence-electron chi connectivity index (χ4n) is 3.50. The van der Waals surface area contributed by atoms with Crippen molar-refractivity contribution in [3.8, 4) is 0 Å². The smallest absolute Gasteiger partial charge is 0.332 e. The first-order valence-corrected chi connectivity index (χ1v) is 7.36. The van der Waals surface area contributed by atoms with Crippen molar-refractivity contribution in [1.29, 1.82) is 0 Å². The summed E-state index contributed by atoms with van der Waals surface area (Å²) in [6.07, 6.45) is 0.698. The molecule has 0 saturated heterocycles. The standard InChI is InChI=1S/C16H19NO4/c18-12(16(20)21)7-8-17-15(19)14-11-6-5-9-3-1-2-4-10(9)13(11)14/h1-4,11-14,18H,5-8H2,(H,17,19)(H,20,21)/t11?,12-,13?,14?/m0/s1. The summed E-state index contributed by atoms with van der Waals surface area (Å²) in [5.74, 6) is -0.517. The highest BCUT2D eigenvalue weighted by Gasteiger charge is 2.56. The van der Waals surface area contributed by atoms with Crippen molar-refractivity contribution in [3.63, 3.8) is 0 Å². The Kier molecular flexibility index (Phi) is 3.68. The van der Waals surface area contributed by atoms with Gasteiger partial charge in [0.2, 0.25) is 5.91 Å². The summed E-state index contributed by atoms with van der Waals surface area (Å²) in [7, 11) is 0. The van der Waals surface area contributed by atoms with Gasteiger partial charge in [-0.05, 0) is 35.8 Å². The van der Waals surface area contributed by atoms with E-state index in [1.165, 1.54) is 11.1 Å². The molecule has 3 unspecified atom stereocenters. The number of aliphatic hydroxyl groups excluding tert-OH is 1. The summed E-state index contributed by atoms with van der Waals surface area (Å²) < 4.78 is 0. The Hall–Kier alpha value is -1.88. The zero-order valence-corrected chi connectivity index (χ0v) is 11.7. The van der Waals surface area contributed by atoms with E-state index < -0.39 is 12.1 Å². The Morgan fingerprint density at radius 1 is 1.33 bits per heavy atom. The first kappa shape index (κ1) is 14.1. The minimum absolute atomic E-state index is 0.00983. The third-order valence-corrected chi connectivity index (χ3v) is 4.63. The number of nitrogens with one attached hydrogen (secondary N) is 1. The molecule has 5 heteroatoms. The lowest BCUT2D eigenvalue weighted by molar-refractivity contribution is -0.147. The van der Waals surface area contributed by atoms with E-state index in [1.807, 2.05) is 12.1 Å². The second kappa shape index (κ2) is 5.48. The van der Waals surface area contributed by atoms with Crippen LogP contribution in [0.25, 0.3) is 0 Å². The van der Waals surface area contributed by atoms with Gasteiger partial charge in [-0.2, -0.15) is 0 Å². The summed E-state index contributed by atoms with van der Waals surface area (Å²) in [6.45, 7) is 0.198. The number of fused-ring (bicyclic) bond motifs is 3. The van der Waals surface area contributed by atoms with Gasteiger partial charge in [-0.15, -0.1) is 0 Å². The van der Waals surface area contributed by atoms with E-state index in [9.17, 15) is 14.7 Å². The van der Waals surface area contributed by atoms with Crippen molar-refractivity contribution < 1.29 is 19.8 Å². The molecule has 2 aliphatic rings. The molecule has 1 amide bonds. The second-order valence-corrected chi connectivity index (χ2v) is 5.89. The van der Waals surface area contributed by atoms with Crippen LogP contribution in [0.5, 0.6) is 0 Å². The number of carboxylic acids is 1. The fraction of sp³-hybridized carbons (Fsp3) is 0.500. The zero-order valence-electron chi connectivity index (χ0n) is 11.7. The molecule has 1 aromatic rings. The number of aliphatic carboxylic acids is 1. The van der Waals surface area contributed by atoms with Gasteiger partial charge in [-0.3, -0.25) is 4.79 Å². The van der Waals surface area contributed by atoms with E-state index >= 15 is 0 Å². The average molecular weight is 289 g/mol. The van der Waals surface area contributed by atoms with Crippen LogP contribution in [0, 0.1) is 11.8 Å². The first-order valence-electron chi connectivity index (χ1n) is 7.36. The van der Waals surface area contributed by atoms with Gasteiger partial charge < -0.3 is 15.5 Å². The summed E-state index contributed by atoms with van der Waals surface area (Å²) >= 11 is 0. The van der Waals surface area contributed by atoms with Crippen molar-refractivity contribution in [2.75, 3.05) is 6.54 Å². The quantitative estimate of drug-likeness (QED) is 0.752. The number of aliphatic hydroxyl groups is 1. The second-order valence-electron chi connectivity index (χ2n) is 5.89. The van der Waals surface area contributed by atoms with Crippen LogP contribution in [-0.2, 0) is 16.0 Å². The third-order valence-electron chi connectivity index (χ3n) is 4.63. The lowest BCUT2D eigenvalue weighted by Gasteiger charge is -2.13. The van der Waals surface area contributed by atoms with Gasteiger partial charge in [-0.25, -0.2) is 4.79 Å². The summed E-state index contributed by atoms with van der Waals surface area (Å²) in [6, 6.07) is 8.28. The van der Waals surface area contributed by atoms with Gasteiger partial charge in [-0.1, -0.05) is 24.3 Å². The first-order chi connectivity index (χ1) is 10.1. The molecule has 0 bridgehead atoms. The maximum atomic E-state index is 12.2. The van der Waals surface area contributed by atoms with Crippen molar-refractivity contribution in [1.82, 2.24) is 5.32 Å². The normalized spacial score (nSPS) is 27.2. The van der Waals surface area contributed by atoms with Gasteiger partial charge in [0.1, 0.15) is 0 Å². The van der Waals surface area contributed by atoms with E-state index in [-0.39, 0.29) is 24.8 Å². The Balaban J connectivity index is 1.56. The zero-order chi connectivity index (χ0) is 15.0. The van der Waals surface area contributed by atoms with Crippen LogP contribution >= 0.6 is 0 Å². The molecule has 112 valence electrons. The van der Waals surface area contributed by atoms with Crippen LogP contribution in [0.3, 0.4) is 0 Å². The van der Waals surface area contributed by atoms with E-state index in [2.05, 4.69) is 17.4 Å². The predicted octanol–water partition coefficient (Wildman–Crippen LogP) is 0.914. The average Bonchev–Trinajstić information content (AvgIpc) is 3.21. The molecule has 3 rings (SSSR count). The minimum atomic E-state index is -1.41. The fourth-order valence-corrected chi connectivity index (χ4v) is 3.50. The Morgan fingerprint density at radius 3 is 2.86 bits per heavy atom. The Bertz CT molecular complexity index is 571. The van der Waals surface area contributed by atoms with E-state index in [0.717, 1.165) is 12.8 Å². The molecule has 1 fully saturated rings. The number of carbonyl (C=O) groups is 2. The third kappa shape index (κ3) is 2.65. The summed E-state index contributed by atoms with van der Waals surface area (Å²) in [5, 5.41) is 20.5. The van der Waals surface area contributed by atoms with Crippen LogP contribution in [-0.4, -0.2) is 34.7 Å². The molecule has 0 aromatic heterocycles. The number of amides is 1. The van der Waals surface area contributed by atoms with Gasteiger partial charge in [0.25, 0.3) is 0 Å². The monoisotopic (exact) mass is 289 g/mol. The van der Waals surface area contributed by atoms with Crippen LogP contribution < -0.4 is 5.32 Å². The van der Waals surface area contributed by atoms with Gasteiger partial charge >= 0.3 is 5.97 Å². The number of hydrogen-bond donors (Lipinski definition) is 3. The summed E-state index contributed by atoms with van der Waals surface area (Å²) in [5.41, 5.74) is 2.63. The molecule has 21 heavy (non-hydrogen) atoms. The predicted molar refractivity (Wildman–Crippen MR) is 75.8 cm³/mol. The van der Waals surface area contributed by atoms with Gasteiger partial charge in [0.05, 0.1) is 0 Å². The Morgan fingerprint density at radius 2 is 2.10 bits per heavy atom. The summed E-state index contributed by atoms with van der Waals surface area (Å²) in [4.78, 5) is 22.7. The molecule has 0 aliphatic heterocycles. The molecule has 3 N–H and O–H groups in total. The highest BCUT2D eigenvalue weighted by Crippen LogP contribution is 2.59. The van der Waals surface area contributed by atoms with Crippen LogP contribution in [0.1, 0.15) is 29.9 Å². The molecule has 2 aliphatic carbocycles. The highest BCUT2D eigenvalue weighted by atomic mass is 16.4. The maximum absolute atomic E-state index is 12.2. The minimum Gasteiger partial charge on any atom is -0.479 e. The molecule has 1 aromatic carbocycles. The molecule has 5 nitrogen and oxygen atoms in total. The number of carbonyl (C=O) groups excluding carboxylic acids is 1. The van der Waals surface area contributed by atoms with Crippen molar-refractivity contribution in [2.45, 2.75) is 31.3 Å². The Labute approximate surface area is 123 Å². The molecule has 1 saturated carbocycles. The van der Waals surface area contributed by atoms with Crippen molar-refractivity contribution in [3.05, 3.63) is 35.4 Å². The van der Waals surface area contributed by atoms with Gasteiger partial charge in [0, 0.05) is 18.9 Å². The van der Waals surface area contributed by atoms with Crippen molar-refractivity contribution in [2.24, 2.45) is 11.8 Å². The lowest BCUT2D eigenvalue weighted by Crippen LogP contribution is -2.31. The lowest BCUT2D eigenvalue weighted by atomic mass is 9.92. The van der Waals surface area contributed by atoms with Crippen LogP contribution in [0.2, 0.25) is 0 Å². The molecule has 0 heterocycles. The number of benzene rings is 1. The van der Waals surface area contributed by atoms with Crippen LogP contribution in [0.4, 0.5) is 0 Å². The van der Waals surface area contributed by atoms with E-state index in [4.69, 9.17) is 5.11 Å². The molecular weight excluding hydrogens is 270 g/mol.